The van der Waals surface area contributed by atoms with Crippen molar-refractivity contribution in [2.24, 2.45) is 0 Å². The molecule has 0 aromatic heterocycles. The van der Waals surface area contributed by atoms with Gasteiger partial charge in [0.05, 0.1) is 10.6 Å². The molecule has 8 heteroatoms. The average Bonchev–Trinajstić information content (AvgIpc) is 2.59. The molecule has 2 amide bonds. The highest BCUT2D eigenvalue weighted by Crippen LogP contribution is 2.18. The summed E-state index contributed by atoms with van der Waals surface area (Å²) >= 11 is 5.75. The second-order valence-electron chi connectivity index (χ2n) is 4.90. The van der Waals surface area contributed by atoms with E-state index in [1.165, 1.54) is 13.1 Å². The first kappa shape index (κ1) is 18.4. The van der Waals surface area contributed by atoms with Crippen molar-refractivity contribution in [1.82, 2.24) is 5.32 Å². The molecule has 0 aliphatic rings. The summed E-state index contributed by atoms with van der Waals surface area (Å²) in [5.74, 6) is -2.24. The third kappa shape index (κ3) is 5.02. The first-order valence-corrected chi connectivity index (χ1v) is 7.52. The van der Waals surface area contributed by atoms with Gasteiger partial charge in [0.2, 0.25) is 0 Å². The fourth-order valence-corrected chi connectivity index (χ4v) is 2.15. The molecule has 6 nitrogen and oxygen atoms in total. The molecule has 0 spiro atoms. The van der Waals surface area contributed by atoms with Crippen LogP contribution in [0.2, 0.25) is 5.02 Å². The Labute approximate surface area is 147 Å². The number of ether oxygens (including phenoxy) is 1. The number of hydrogen-bond acceptors (Lipinski definition) is 4. The van der Waals surface area contributed by atoms with Crippen LogP contribution in [0.3, 0.4) is 0 Å². The van der Waals surface area contributed by atoms with Crippen molar-refractivity contribution >= 4 is 35.1 Å². The smallest absolute Gasteiger partial charge is 0.340 e. The lowest BCUT2D eigenvalue weighted by atomic mass is 10.2. The number of nitrogens with one attached hydrogen (secondary N) is 2. The molecule has 0 heterocycles. The molecule has 0 atom stereocenters. The van der Waals surface area contributed by atoms with Crippen LogP contribution in [0.15, 0.2) is 42.5 Å². The van der Waals surface area contributed by atoms with Gasteiger partial charge in [0.25, 0.3) is 11.8 Å². The Hall–Kier alpha value is -2.93. The summed E-state index contributed by atoms with van der Waals surface area (Å²) in [5.41, 5.74) is 0.845. The van der Waals surface area contributed by atoms with E-state index in [1.807, 2.05) is 0 Å². The lowest BCUT2D eigenvalue weighted by Crippen LogP contribution is -2.21. The van der Waals surface area contributed by atoms with Gasteiger partial charge in [-0.15, -0.1) is 0 Å². The van der Waals surface area contributed by atoms with E-state index in [9.17, 15) is 18.8 Å². The SMILES string of the molecule is CNC(=O)c1ccc(NC(=O)COC(=O)c2ccc(F)cc2Cl)cc1. The van der Waals surface area contributed by atoms with Crippen LogP contribution in [0, 0.1) is 5.82 Å². The van der Waals surface area contributed by atoms with Crippen LogP contribution >= 0.6 is 11.6 Å². The number of rotatable bonds is 5. The molecule has 0 saturated heterocycles. The number of carbonyl (C=O) groups excluding carboxylic acids is 3. The maximum Gasteiger partial charge on any atom is 0.340 e. The van der Waals surface area contributed by atoms with Crippen molar-refractivity contribution < 1.29 is 23.5 Å². The molecule has 0 aliphatic carbocycles. The van der Waals surface area contributed by atoms with Gasteiger partial charge in [-0.05, 0) is 42.5 Å². The van der Waals surface area contributed by atoms with Gasteiger partial charge in [-0.2, -0.15) is 0 Å². The van der Waals surface area contributed by atoms with Gasteiger partial charge in [0, 0.05) is 18.3 Å². The van der Waals surface area contributed by atoms with Crippen molar-refractivity contribution in [3.63, 3.8) is 0 Å². The molecule has 0 saturated carbocycles. The van der Waals surface area contributed by atoms with Gasteiger partial charge in [0.1, 0.15) is 5.82 Å². The summed E-state index contributed by atoms with van der Waals surface area (Å²) in [4.78, 5) is 35.1. The Kier molecular flexibility index (Phi) is 6.08. The lowest BCUT2D eigenvalue weighted by molar-refractivity contribution is -0.119. The largest absolute Gasteiger partial charge is 0.452 e. The highest BCUT2D eigenvalue weighted by molar-refractivity contribution is 6.33. The number of esters is 1. The number of benzene rings is 2. The Morgan fingerprint density at radius 1 is 1.12 bits per heavy atom. The molecule has 0 bridgehead atoms. The molecular formula is C17H14ClFN2O4. The van der Waals surface area contributed by atoms with E-state index in [0.29, 0.717) is 11.3 Å². The van der Waals surface area contributed by atoms with Crippen LogP contribution in [-0.4, -0.2) is 31.4 Å². The molecule has 130 valence electrons. The van der Waals surface area contributed by atoms with Gasteiger partial charge in [-0.25, -0.2) is 9.18 Å². The molecule has 0 radical (unpaired) electrons. The van der Waals surface area contributed by atoms with Crippen molar-refractivity contribution in [2.45, 2.75) is 0 Å². The van der Waals surface area contributed by atoms with E-state index in [4.69, 9.17) is 16.3 Å². The topological polar surface area (TPSA) is 84.5 Å². The average molecular weight is 365 g/mol. The van der Waals surface area contributed by atoms with Crippen LogP contribution < -0.4 is 10.6 Å². The Balaban J connectivity index is 1.90. The van der Waals surface area contributed by atoms with Crippen LogP contribution in [-0.2, 0) is 9.53 Å². The lowest BCUT2D eigenvalue weighted by Gasteiger charge is -2.08. The zero-order valence-electron chi connectivity index (χ0n) is 13.1. The number of hydrogen-bond donors (Lipinski definition) is 2. The number of carbonyl (C=O) groups is 3. The van der Waals surface area contributed by atoms with Crippen LogP contribution in [0.1, 0.15) is 20.7 Å². The normalized spacial score (nSPS) is 10.0. The molecule has 2 aromatic carbocycles. The van der Waals surface area contributed by atoms with Crippen LogP contribution in [0.4, 0.5) is 10.1 Å². The molecule has 0 fully saturated rings. The van der Waals surface area contributed by atoms with Crippen molar-refractivity contribution in [3.8, 4) is 0 Å². The second-order valence-corrected chi connectivity index (χ2v) is 5.31. The standard InChI is InChI=1S/C17H14ClFN2O4/c1-20-16(23)10-2-5-12(6-3-10)21-15(22)9-25-17(24)13-7-4-11(19)8-14(13)18/h2-8H,9H2,1H3,(H,20,23)(H,21,22). The minimum atomic E-state index is -0.838. The monoisotopic (exact) mass is 364 g/mol. The molecule has 2 rings (SSSR count). The van der Waals surface area contributed by atoms with Crippen LogP contribution in [0.25, 0.3) is 0 Å². The predicted molar refractivity (Wildman–Crippen MR) is 90.2 cm³/mol. The maximum absolute atomic E-state index is 12.9. The zero-order chi connectivity index (χ0) is 18.4. The Bertz CT molecular complexity index is 809. The first-order valence-electron chi connectivity index (χ1n) is 7.15. The number of anilines is 1. The molecule has 2 aromatic rings. The Morgan fingerprint density at radius 2 is 1.80 bits per heavy atom. The van der Waals surface area contributed by atoms with Gasteiger partial charge in [-0.1, -0.05) is 11.6 Å². The summed E-state index contributed by atoms with van der Waals surface area (Å²) in [7, 11) is 1.51. The minimum absolute atomic E-state index is 0.0363. The fraction of sp³-hybridized carbons (Fsp3) is 0.118. The maximum atomic E-state index is 12.9. The predicted octanol–water partition coefficient (Wildman–Crippen LogP) is 2.63. The van der Waals surface area contributed by atoms with Gasteiger partial charge >= 0.3 is 5.97 Å². The molecule has 2 N–H and O–H groups in total. The van der Waals surface area contributed by atoms with E-state index in [1.54, 1.807) is 24.3 Å². The van der Waals surface area contributed by atoms with Crippen molar-refractivity contribution in [3.05, 3.63) is 64.4 Å². The molecule has 0 aliphatic heterocycles. The van der Waals surface area contributed by atoms with E-state index >= 15 is 0 Å². The number of halogens is 2. The highest BCUT2D eigenvalue weighted by atomic mass is 35.5. The van der Waals surface area contributed by atoms with Gasteiger partial charge < -0.3 is 15.4 Å². The summed E-state index contributed by atoms with van der Waals surface area (Å²) in [6.07, 6.45) is 0. The third-order valence-corrected chi connectivity index (χ3v) is 3.46. The first-order chi connectivity index (χ1) is 11.9. The Morgan fingerprint density at radius 3 is 2.40 bits per heavy atom. The van der Waals surface area contributed by atoms with Crippen molar-refractivity contribution in [2.75, 3.05) is 19.0 Å². The van der Waals surface area contributed by atoms with Gasteiger partial charge in [-0.3, -0.25) is 9.59 Å². The second kappa shape index (κ2) is 8.25. The van der Waals surface area contributed by atoms with E-state index in [2.05, 4.69) is 10.6 Å². The summed E-state index contributed by atoms with van der Waals surface area (Å²) in [6, 6.07) is 9.39. The molecule has 25 heavy (non-hydrogen) atoms. The van der Waals surface area contributed by atoms with Gasteiger partial charge in [0.15, 0.2) is 6.61 Å². The minimum Gasteiger partial charge on any atom is -0.452 e. The summed E-state index contributed by atoms with van der Waals surface area (Å²) in [6.45, 7) is -0.538. The van der Waals surface area contributed by atoms with E-state index in [-0.39, 0.29) is 16.5 Å². The zero-order valence-corrected chi connectivity index (χ0v) is 13.9. The summed E-state index contributed by atoms with van der Waals surface area (Å²) in [5, 5.41) is 4.89. The van der Waals surface area contributed by atoms with E-state index < -0.39 is 24.3 Å². The third-order valence-electron chi connectivity index (χ3n) is 3.14. The quantitative estimate of drug-likeness (QED) is 0.799. The molecular weight excluding hydrogens is 351 g/mol. The molecule has 0 unspecified atom stereocenters. The summed E-state index contributed by atoms with van der Waals surface area (Å²) < 4.78 is 17.8. The van der Waals surface area contributed by atoms with E-state index in [0.717, 1.165) is 12.1 Å². The fourth-order valence-electron chi connectivity index (χ4n) is 1.91. The number of amides is 2. The van der Waals surface area contributed by atoms with Crippen LogP contribution in [0.5, 0.6) is 0 Å². The highest BCUT2D eigenvalue weighted by Gasteiger charge is 2.14. The van der Waals surface area contributed by atoms with Crippen molar-refractivity contribution in [1.29, 1.82) is 0 Å².